The molecule has 2 aromatic heterocycles. The second-order valence-corrected chi connectivity index (χ2v) is 5.88. The number of rotatable bonds is 3. The summed E-state index contributed by atoms with van der Waals surface area (Å²) in [5.41, 5.74) is 9.01. The number of fused-ring (bicyclic) bond motifs is 1. The van der Waals surface area contributed by atoms with E-state index in [1.54, 1.807) is 6.07 Å². The number of aromatic nitrogens is 4. The monoisotopic (exact) mass is 318 g/mol. The number of benzene rings is 1. The zero-order valence-corrected chi connectivity index (χ0v) is 13.2. The maximum absolute atomic E-state index is 5.73. The highest BCUT2D eigenvalue weighted by molar-refractivity contribution is 5.55. The summed E-state index contributed by atoms with van der Waals surface area (Å²) in [7, 11) is 0. The fourth-order valence-corrected chi connectivity index (χ4v) is 3.05. The SMILES string of the molecule is Nc1cc(NC2CCCc3nc(-c4ccccc4)ncc32)ncn1. The van der Waals surface area contributed by atoms with Gasteiger partial charge in [-0.3, -0.25) is 0 Å². The normalized spacial score (nSPS) is 16.4. The standard InChI is InChI=1S/C18H18N6/c19-16-9-17(22-11-21-16)23-14-7-4-8-15-13(14)10-20-18(24-15)12-5-2-1-3-6-12/h1-3,5-6,9-11,14H,4,7-8H2,(H3,19,21,22,23). The van der Waals surface area contributed by atoms with Gasteiger partial charge in [-0.15, -0.1) is 0 Å². The van der Waals surface area contributed by atoms with Crippen molar-refractivity contribution in [2.24, 2.45) is 0 Å². The summed E-state index contributed by atoms with van der Waals surface area (Å²) in [6.45, 7) is 0. The highest BCUT2D eigenvalue weighted by atomic mass is 15.1. The van der Waals surface area contributed by atoms with E-state index < -0.39 is 0 Å². The van der Waals surface area contributed by atoms with Crippen molar-refractivity contribution in [3.8, 4) is 11.4 Å². The van der Waals surface area contributed by atoms with Crippen LogP contribution in [0.25, 0.3) is 11.4 Å². The van der Waals surface area contributed by atoms with Gasteiger partial charge in [-0.1, -0.05) is 30.3 Å². The Hall–Kier alpha value is -3.02. The first-order valence-electron chi connectivity index (χ1n) is 8.05. The Morgan fingerprint density at radius 2 is 1.96 bits per heavy atom. The van der Waals surface area contributed by atoms with Crippen LogP contribution in [0.5, 0.6) is 0 Å². The molecule has 120 valence electrons. The van der Waals surface area contributed by atoms with Crippen LogP contribution in [-0.4, -0.2) is 19.9 Å². The van der Waals surface area contributed by atoms with Crippen LogP contribution < -0.4 is 11.1 Å². The molecular weight excluding hydrogens is 300 g/mol. The summed E-state index contributed by atoms with van der Waals surface area (Å²) in [5.74, 6) is 1.97. The number of nitrogens with zero attached hydrogens (tertiary/aromatic N) is 4. The Balaban J connectivity index is 1.63. The largest absolute Gasteiger partial charge is 0.384 e. The molecule has 0 bridgehead atoms. The van der Waals surface area contributed by atoms with Crippen molar-refractivity contribution >= 4 is 11.6 Å². The average molecular weight is 318 g/mol. The molecule has 24 heavy (non-hydrogen) atoms. The molecule has 2 heterocycles. The number of aryl methyl sites for hydroxylation is 1. The van der Waals surface area contributed by atoms with E-state index in [2.05, 4.69) is 20.3 Å². The Kier molecular flexibility index (Phi) is 3.78. The van der Waals surface area contributed by atoms with Crippen LogP contribution >= 0.6 is 0 Å². The molecule has 1 atom stereocenters. The predicted molar refractivity (Wildman–Crippen MR) is 93.2 cm³/mol. The molecular formula is C18H18N6. The van der Waals surface area contributed by atoms with Gasteiger partial charge in [-0.25, -0.2) is 19.9 Å². The van der Waals surface area contributed by atoms with Gasteiger partial charge in [0.25, 0.3) is 0 Å². The second-order valence-electron chi connectivity index (χ2n) is 5.88. The van der Waals surface area contributed by atoms with Crippen molar-refractivity contribution in [2.75, 3.05) is 11.1 Å². The minimum Gasteiger partial charge on any atom is -0.384 e. The molecule has 0 fully saturated rings. The lowest BCUT2D eigenvalue weighted by molar-refractivity contribution is 0.583. The molecule has 3 aromatic rings. The van der Waals surface area contributed by atoms with Crippen LogP contribution in [0, 0.1) is 0 Å². The molecule has 0 spiro atoms. The maximum atomic E-state index is 5.73. The lowest BCUT2D eigenvalue weighted by Crippen LogP contribution is -2.20. The topological polar surface area (TPSA) is 89.6 Å². The van der Waals surface area contributed by atoms with Gasteiger partial charge >= 0.3 is 0 Å². The molecule has 4 rings (SSSR count). The van der Waals surface area contributed by atoms with Crippen molar-refractivity contribution in [3.05, 3.63) is 60.2 Å². The van der Waals surface area contributed by atoms with E-state index in [1.165, 1.54) is 6.33 Å². The third kappa shape index (κ3) is 2.90. The van der Waals surface area contributed by atoms with Crippen molar-refractivity contribution in [3.63, 3.8) is 0 Å². The Labute approximate surface area is 140 Å². The van der Waals surface area contributed by atoms with Gasteiger partial charge in [0.1, 0.15) is 18.0 Å². The Bertz CT molecular complexity index is 849. The van der Waals surface area contributed by atoms with Crippen molar-refractivity contribution in [2.45, 2.75) is 25.3 Å². The zero-order valence-electron chi connectivity index (χ0n) is 13.2. The Morgan fingerprint density at radius 1 is 1.08 bits per heavy atom. The van der Waals surface area contributed by atoms with Gasteiger partial charge in [-0.05, 0) is 19.3 Å². The predicted octanol–water partition coefficient (Wildman–Crippen LogP) is 3.01. The van der Waals surface area contributed by atoms with Gasteiger partial charge in [0.15, 0.2) is 5.82 Å². The molecule has 0 saturated heterocycles. The highest BCUT2D eigenvalue weighted by Gasteiger charge is 2.22. The number of nitrogens with two attached hydrogens (primary N) is 1. The van der Waals surface area contributed by atoms with Crippen LogP contribution in [0.2, 0.25) is 0 Å². The fourth-order valence-electron chi connectivity index (χ4n) is 3.05. The van der Waals surface area contributed by atoms with E-state index in [-0.39, 0.29) is 6.04 Å². The summed E-state index contributed by atoms with van der Waals surface area (Å²) >= 11 is 0. The average Bonchev–Trinajstić information content (AvgIpc) is 2.62. The first-order valence-corrected chi connectivity index (χ1v) is 8.05. The first kappa shape index (κ1) is 14.6. The Morgan fingerprint density at radius 3 is 2.79 bits per heavy atom. The molecule has 0 aliphatic heterocycles. The number of nitrogens with one attached hydrogen (secondary N) is 1. The van der Waals surface area contributed by atoms with Gasteiger partial charge in [0.2, 0.25) is 0 Å². The van der Waals surface area contributed by atoms with Crippen LogP contribution in [0.4, 0.5) is 11.6 Å². The molecule has 6 heteroatoms. The van der Waals surface area contributed by atoms with E-state index in [1.807, 2.05) is 36.5 Å². The van der Waals surface area contributed by atoms with Crippen LogP contribution in [0.3, 0.4) is 0 Å². The third-order valence-electron chi connectivity index (χ3n) is 4.22. The number of hydrogen-bond acceptors (Lipinski definition) is 6. The molecule has 0 saturated carbocycles. The summed E-state index contributed by atoms with van der Waals surface area (Å²) < 4.78 is 0. The van der Waals surface area contributed by atoms with Crippen molar-refractivity contribution < 1.29 is 0 Å². The smallest absolute Gasteiger partial charge is 0.159 e. The van der Waals surface area contributed by atoms with Gasteiger partial charge in [0.05, 0.1) is 6.04 Å². The first-order chi connectivity index (χ1) is 11.8. The molecule has 1 aliphatic rings. The maximum Gasteiger partial charge on any atom is 0.159 e. The number of hydrogen-bond donors (Lipinski definition) is 2. The van der Waals surface area contributed by atoms with E-state index >= 15 is 0 Å². The van der Waals surface area contributed by atoms with Gasteiger partial charge < -0.3 is 11.1 Å². The minimum absolute atomic E-state index is 0.146. The van der Waals surface area contributed by atoms with E-state index in [0.717, 1.165) is 47.7 Å². The molecule has 0 radical (unpaired) electrons. The van der Waals surface area contributed by atoms with E-state index in [4.69, 9.17) is 10.7 Å². The summed E-state index contributed by atoms with van der Waals surface area (Å²) in [4.78, 5) is 17.5. The summed E-state index contributed by atoms with van der Waals surface area (Å²) in [6, 6.07) is 12.0. The highest BCUT2D eigenvalue weighted by Crippen LogP contribution is 2.31. The second kappa shape index (κ2) is 6.23. The van der Waals surface area contributed by atoms with E-state index in [0.29, 0.717) is 5.82 Å². The van der Waals surface area contributed by atoms with Gasteiger partial charge in [-0.2, -0.15) is 0 Å². The summed E-state index contributed by atoms with van der Waals surface area (Å²) in [5, 5.41) is 3.43. The van der Waals surface area contributed by atoms with Crippen LogP contribution in [0.1, 0.15) is 30.1 Å². The number of anilines is 2. The molecule has 6 nitrogen and oxygen atoms in total. The lowest BCUT2D eigenvalue weighted by Gasteiger charge is -2.26. The molecule has 1 aromatic carbocycles. The van der Waals surface area contributed by atoms with Crippen LogP contribution in [0.15, 0.2) is 48.9 Å². The lowest BCUT2D eigenvalue weighted by atomic mass is 9.92. The zero-order chi connectivity index (χ0) is 16.4. The third-order valence-corrected chi connectivity index (χ3v) is 4.22. The molecule has 1 aliphatic carbocycles. The number of nitrogen functional groups attached to an aromatic ring is 1. The van der Waals surface area contributed by atoms with Crippen LogP contribution in [-0.2, 0) is 6.42 Å². The van der Waals surface area contributed by atoms with Crippen molar-refractivity contribution in [1.82, 2.24) is 19.9 Å². The molecule has 1 unspecified atom stereocenters. The molecule has 3 N–H and O–H groups in total. The molecule has 0 amide bonds. The van der Waals surface area contributed by atoms with E-state index in [9.17, 15) is 0 Å². The van der Waals surface area contributed by atoms with Gasteiger partial charge in [0, 0.05) is 29.1 Å². The summed E-state index contributed by atoms with van der Waals surface area (Å²) in [6.07, 6.45) is 6.48. The quantitative estimate of drug-likeness (QED) is 0.771. The van der Waals surface area contributed by atoms with Crippen molar-refractivity contribution in [1.29, 1.82) is 0 Å². The minimum atomic E-state index is 0.146. The fraction of sp³-hybridized carbons (Fsp3) is 0.222.